The number of carbonyl (C=O) groups is 1. The summed E-state index contributed by atoms with van der Waals surface area (Å²) in [6.45, 7) is 13.8. The summed E-state index contributed by atoms with van der Waals surface area (Å²) in [6, 6.07) is 0. The van der Waals surface area contributed by atoms with E-state index < -0.39 is 0 Å². The minimum absolute atomic E-state index is 0.0823. The molecule has 1 saturated heterocycles. The first kappa shape index (κ1) is 20.2. The summed E-state index contributed by atoms with van der Waals surface area (Å²) in [5, 5.41) is 0. The third kappa shape index (κ3) is 5.42. The lowest BCUT2D eigenvalue weighted by Crippen LogP contribution is -2.39. The van der Waals surface area contributed by atoms with Crippen LogP contribution in [0, 0.1) is 0 Å². The van der Waals surface area contributed by atoms with Crippen LogP contribution in [-0.4, -0.2) is 71.6 Å². The number of rotatable bonds is 10. The standard InChI is InChI=1S/C17H32N8O/c1-5-24(6-2)16-18-15(19-17(20-16)25(7-3)8-4)22-21-14(26)13-23-11-9-10-12-23/h5-13H2,1-4H3,(H,21,26)(H,18,19,20,22). The van der Waals surface area contributed by atoms with Crippen molar-refractivity contribution in [2.45, 2.75) is 40.5 Å². The lowest BCUT2D eigenvalue weighted by atomic mass is 10.4. The fraction of sp³-hybridized carbons (Fsp3) is 0.765. The molecule has 0 bridgehead atoms. The van der Waals surface area contributed by atoms with Crippen molar-refractivity contribution < 1.29 is 4.79 Å². The van der Waals surface area contributed by atoms with Crippen molar-refractivity contribution in [3.63, 3.8) is 0 Å². The third-order valence-corrected chi connectivity index (χ3v) is 4.58. The third-order valence-electron chi connectivity index (χ3n) is 4.58. The molecule has 1 fully saturated rings. The molecule has 0 radical (unpaired) electrons. The number of amides is 1. The molecule has 0 atom stereocenters. The number of likely N-dealkylation sites (tertiary alicyclic amines) is 1. The van der Waals surface area contributed by atoms with E-state index in [-0.39, 0.29) is 5.91 Å². The van der Waals surface area contributed by atoms with Gasteiger partial charge in [-0.2, -0.15) is 15.0 Å². The van der Waals surface area contributed by atoms with E-state index in [1.54, 1.807) is 0 Å². The molecule has 1 aromatic rings. The number of hydrogen-bond acceptors (Lipinski definition) is 8. The topological polar surface area (TPSA) is 89.5 Å². The average Bonchev–Trinajstić information content (AvgIpc) is 3.15. The summed E-state index contributed by atoms with van der Waals surface area (Å²) < 4.78 is 0. The molecular formula is C17H32N8O. The molecule has 0 saturated carbocycles. The smallest absolute Gasteiger partial charge is 0.252 e. The summed E-state index contributed by atoms with van der Waals surface area (Å²) in [4.78, 5) is 31.9. The van der Waals surface area contributed by atoms with Gasteiger partial charge in [0.15, 0.2) is 0 Å². The van der Waals surface area contributed by atoms with Gasteiger partial charge in [-0.3, -0.25) is 20.5 Å². The molecular weight excluding hydrogens is 332 g/mol. The van der Waals surface area contributed by atoms with Crippen molar-refractivity contribution in [3.05, 3.63) is 0 Å². The zero-order chi connectivity index (χ0) is 18.9. The molecule has 0 aliphatic carbocycles. The predicted molar refractivity (Wildman–Crippen MR) is 104 cm³/mol. The van der Waals surface area contributed by atoms with Gasteiger partial charge < -0.3 is 9.80 Å². The van der Waals surface area contributed by atoms with Gasteiger partial charge >= 0.3 is 0 Å². The first-order valence-corrected chi connectivity index (χ1v) is 9.64. The summed E-state index contributed by atoms with van der Waals surface area (Å²) in [6.07, 6.45) is 2.32. The van der Waals surface area contributed by atoms with Gasteiger partial charge in [0, 0.05) is 26.2 Å². The molecule has 2 rings (SSSR count). The Hall–Kier alpha value is -2.16. The van der Waals surface area contributed by atoms with Crippen LogP contribution in [0.25, 0.3) is 0 Å². The predicted octanol–water partition coefficient (Wildman–Crippen LogP) is 1.10. The number of nitrogens with zero attached hydrogens (tertiary/aromatic N) is 6. The van der Waals surface area contributed by atoms with Gasteiger partial charge in [0.2, 0.25) is 17.8 Å². The molecule has 1 aromatic heterocycles. The lowest BCUT2D eigenvalue weighted by Gasteiger charge is -2.23. The highest BCUT2D eigenvalue weighted by Crippen LogP contribution is 2.16. The first-order valence-electron chi connectivity index (χ1n) is 9.64. The Morgan fingerprint density at radius 3 is 1.88 bits per heavy atom. The largest absolute Gasteiger partial charge is 0.341 e. The highest BCUT2D eigenvalue weighted by atomic mass is 16.2. The number of carbonyl (C=O) groups excluding carboxylic acids is 1. The molecule has 2 heterocycles. The van der Waals surface area contributed by atoms with Gasteiger partial charge in [-0.05, 0) is 53.6 Å². The van der Waals surface area contributed by atoms with Crippen LogP contribution < -0.4 is 20.7 Å². The molecule has 9 nitrogen and oxygen atoms in total. The molecule has 1 aliphatic rings. The summed E-state index contributed by atoms with van der Waals surface area (Å²) in [5.74, 6) is 1.51. The van der Waals surface area contributed by atoms with Crippen LogP contribution >= 0.6 is 0 Å². The van der Waals surface area contributed by atoms with Gasteiger partial charge in [-0.1, -0.05) is 0 Å². The molecule has 0 spiro atoms. The Morgan fingerprint density at radius 1 is 0.923 bits per heavy atom. The van der Waals surface area contributed by atoms with E-state index in [0.29, 0.717) is 24.4 Å². The maximum atomic E-state index is 12.1. The summed E-state index contributed by atoms with van der Waals surface area (Å²) in [5.41, 5.74) is 5.57. The van der Waals surface area contributed by atoms with Crippen LogP contribution in [0.1, 0.15) is 40.5 Å². The van der Waals surface area contributed by atoms with E-state index in [1.165, 1.54) is 0 Å². The Morgan fingerprint density at radius 2 is 1.42 bits per heavy atom. The van der Waals surface area contributed by atoms with Crippen LogP contribution in [0.5, 0.6) is 0 Å². The SMILES string of the molecule is CCN(CC)c1nc(NNC(=O)CN2CCCC2)nc(N(CC)CC)n1. The lowest BCUT2D eigenvalue weighted by molar-refractivity contribution is -0.121. The van der Waals surface area contributed by atoms with E-state index in [1.807, 2.05) is 0 Å². The second kappa shape index (κ2) is 10.1. The minimum atomic E-state index is -0.0823. The van der Waals surface area contributed by atoms with Crippen LogP contribution in [0.2, 0.25) is 0 Å². The van der Waals surface area contributed by atoms with Crippen molar-refractivity contribution in [2.75, 3.05) is 61.0 Å². The molecule has 26 heavy (non-hydrogen) atoms. The maximum absolute atomic E-state index is 12.1. The monoisotopic (exact) mass is 364 g/mol. The quantitative estimate of drug-likeness (QED) is 0.597. The van der Waals surface area contributed by atoms with Gasteiger partial charge in [0.05, 0.1) is 6.54 Å². The zero-order valence-corrected chi connectivity index (χ0v) is 16.5. The van der Waals surface area contributed by atoms with Gasteiger partial charge in [0.25, 0.3) is 5.91 Å². The zero-order valence-electron chi connectivity index (χ0n) is 16.5. The van der Waals surface area contributed by atoms with Gasteiger partial charge in [-0.25, -0.2) is 0 Å². The Bertz CT molecular complexity index is 538. The Balaban J connectivity index is 2.10. The second-order valence-electron chi connectivity index (χ2n) is 6.26. The fourth-order valence-corrected chi connectivity index (χ4v) is 3.01. The van der Waals surface area contributed by atoms with E-state index in [2.05, 4.69) is 68.2 Å². The number of nitrogens with one attached hydrogen (secondary N) is 2. The van der Waals surface area contributed by atoms with Crippen molar-refractivity contribution in [2.24, 2.45) is 0 Å². The van der Waals surface area contributed by atoms with E-state index in [0.717, 1.165) is 52.1 Å². The fourth-order valence-electron chi connectivity index (χ4n) is 3.01. The average molecular weight is 364 g/mol. The summed E-state index contributed by atoms with van der Waals surface area (Å²) in [7, 11) is 0. The molecule has 1 aliphatic heterocycles. The summed E-state index contributed by atoms with van der Waals surface area (Å²) >= 11 is 0. The van der Waals surface area contributed by atoms with E-state index in [9.17, 15) is 4.79 Å². The Labute approximate surface area is 156 Å². The van der Waals surface area contributed by atoms with Crippen LogP contribution in [-0.2, 0) is 4.79 Å². The first-order chi connectivity index (χ1) is 12.6. The van der Waals surface area contributed by atoms with Crippen LogP contribution in [0.3, 0.4) is 0 Å². The number of hydrogen-bond donors (Lipinski definition) is 2. The second-order valence-corrected chi connectivity index (χ2v) is 6.26. The molecule has 9 heteroatoms. The minimum Gasteiger partial charge on any atom is -0.341 e. The highest BCUT2D eigenvalue weighted by Gasteiger charge is 2.17. The molecule has 0 aromatic carbocycles. The van der Waals surface area contributed by atoms with Crippen molar-refractivity contribution in [1.29, 1.82) is 0 Å². The van der Waals surface area contributed by atoms with Crippen LogP contribution in [0.15, 0.2) is 0 Å². The number of hydrazine groups is 1. The van der Waals surface area contributed by atoms with Gasteiger partial charge in [0.1, 0.15) is 0 Å². The highest BCUT2D eigenvalue weighted by molar-refractivity contribution is 5.79. The van der Waals surface area contributed by atoms with E-state index in [4.69, 9.17) is 0 Å². The molecule has 1 amide bonds. The molecule has 0 unspecified atom stereocenters. The van der Waals surface area contributed by atoms with Crippen molar-refractivity contribution >= 4 is 23.8 Å². The van der Waals surface area contributed by atoms with Crippen molar-refractivity contribution in [1.82, 2.24) is 25.3 Å². The van der Waals surface area contributed by atoms with Crippen LogP contribution in [0.4, 0.5) is 17.8 Å². The molecule has 2 N–H and O–H groups in total. The normalized spacial score (nSPS) is 14.3. The molecule has 146 valence electrons. The number of aromatic nitrogens is 3. The number of anilines is 3. The van der Waals surface area contributed by atoms with Gasteiger partial charge in [-0.15, -0.1) is 0 Å². The van der Waals surface area contributed by atoms with Crippen molar-refractivity contribution in [3.8, 4) is 0 Å². The van der Waals surface area contributed by atoms with E-state index >= 15 is 0 Å². The maximum Gasteiger partial charge on any atom is 0.252 e. The Kier molecular flexibility index (Phi) is 7.83.